The zero-order valence-electron chi connectivity index (χ0n) is 41.2. The van der Waals surface area contributed by atoms with Gasteiger partial charge in [0.25, 0.3) is 11.8 Å². The number of ketones is 1. The van der Waals surface area contributed by atoms with Gasteiger partial charge in [-0.15, -0.1) is 0 Å². The molecule has 1 N–H and O–H groups in total. The number of ether oxygens (including phenoxy) is 7. The molecule has 5 aromatic rings. The van der Waals surface area contributed by atoms with Crippen molar-refractivity contribution in [2.45, 2.75) is 64.8 Å². The van der Waals surface area contributed by atoms with E-state index in [9.17, 15) is 14.4 Å². The zero-order chi connectivity index (χ0) is 49.4. The van der Waals surface area contributed by atoms with E-state index in [1.807, 2.05) is 84.5 Å². The van der Waals surface area contributed by atoms with E-state index in [1.165, 1.54) is 0 Å². The van der Waals surface area contributed by atoms with Crippen LogP contribution in [-0.4, -0.2) is 110 Å². The lowest BCUT2D eigenvalue weighted by atomic mass is 10.0. The highest BCUT2D eigenvalue weighted by atomic mass is 16.5. The quantitative estimate of drug-likeness (QED) is 0.0625. The standard InChI is InChI=1S/C56H63N5O10/c1-36(2)50(62)15-10-16-59(17-18-68-21-22-69-20-19-65-3)41-24-37(34-70-53-30-46-44(28-51(53)66-4)55(63)60-42(32-57-46)26-39-11-6-8-13-48(39)60)23-38(25-41)35-71-54-31-47-45(29-52(54)67-5)56(64)61-43(33-58-47)27-40-12-7-9-14-49(40)61/h6-9,11-14,23-25,28-32,36,42-43,58H,10,15-22,26-27,33-35H2,1-5H3/t42-,43-/m0/s1. The van der Waals surface area contributed by atoms with Crippen molar-refractivity contribution in [3.63, 3.8) is 0 Å². The maximum Gasteiger partial charge on any atom is 0.261 e. The lowest BCUT2D eigenvalue weighted by Crippen LogP contribution is -2.39. The number of hydrogen-bond donors (Lipinski definition) is 1. The average molecular weight is 966 g/mol. The zero-order valence-corrected chi connectivity index (χ0v) is 41.2. The normalized spacial score (nSPS) is 16.3. The average Bonchev–Trinajstić information content (AvgIpc) is 3.88. The second-order valence-electron chi connectivity index (χ2n) is 18.5. The monoisotopic (exact) mass is 965 g/mol. The summed E-state index contributed by atoms with van der Waals surface area (Å²) in [5.74, 6) is 1.69. The minimum Gasteiger partial charge on any atom is -0.493 e. The van der Waals surface area contributed by atoms with Gasteiger partial charge in [-0.25, -0.2) is 0 Å². The van der Waals surface area contributed by atoms with Crippen LogP contribution in [0, 0.1) is 5.92 Å². The van der Waals surface area contributed by atoms with Crippen LogP contribution in [0.25, 0.3) is 0 Å². The summed E-state index contributed by atoms with van der Waals surface area (Å²) >= 11 is 0. The highest BCUT2D eigenvalue weighted by Crippen LogP contribution is 2.43. The molecule has 0 radical (unpaired) electrons. The number of aliphatic imine (C=N–C) groups is 1. The summed E-state index contributed by atoms with van der Waals surface area (Å²) in [6, 6.07) is 29.1. The van der Waals surface area contributed by atoms with Crippen LogP contribution in [-0.2, 0) is 45.1 Å². The van der Waals surface area contributed by atoms with Crippen molar-refractivity contribution in [3.05, 3.63) is 124 Å². The maximum atomic E-state index is 14.2. The van der Waals surface area contributed by atoms with E-state index >= 15 is 0 Å². The molecule has 0 saturated carbocycles. The lowest BCUT2D eigenvalue weighted by molar-refractivity contribution is -0.121. The number of Topliss-reactive ketones (excluding diaryl/α,β-unsaturated/α-hetero) is 1. The Balaban J connectivity index is 0.991. The van der Waals surface area contributed by atoms with Gasteiger partial charge in [0.15, 0.2) is 23.0 Å². The Kier molecular flexibility index (Phi) is 15.5. The van der Waals surface area contributed by atoms with E-state index < -0.39 is 0 Å². The van der Waals surface area contributed by atoms with Crippen LogP contribution in [0.2, 0.25) is 0 Å². The number of fused-ring (bicyclic) bond motifs is 8. The van der Waals surface area contributed by atoms with Crippen LogP contribution in [0.5, 0.6) is 23.0 Å². The van der Waals surface area contributed by atoms with E-state index in [-0.39, 0.29) is 48.8 Å². The summed E-state index contributed by atoms with van der Waals surface area (Å²) in [6.07, 6.45) is 4.41. The first kappa shape index (κ1) is 49.1. The highest BCUT2D eigenvalue weighted by molar-refractivity contribution is 6.15. The van der Waals surface area contributed by atoms with E-state index in [4.69, 9.17) is 38.2 Å². The van der Waals surface area contributed by atoms with Crippen molar-refractivity contribution in [2.24, 2.45) is 10.9 Å². The highest BCUT2D eigenvalue weighted by Gasteiger charge is 2.39. The first-order valence-electron chi connectivity index (χ1n) is 24.5. The minimum atomic E-state index is -0.197. The lowest BCUT2D eigenvalue weighted by Gasteiger charge is -2.26. The van der Waals surface area contributed by atoms with Crippen LogP contribution in [0.4, 0.5) is 28.4 Å². The molecule has 0 unspecified atom stereocenters. The molecule has 71 heavy (non-hydrogen) atoms. The van der Waals surface area contributed by atoms with Gasteiger partial charge in [-0.3, -0.25) is 24.3 Å². The van der Waals surface area contributed by atoms with Crippen molar-refractivity contribution in [1.82, 2.24) is 0 Å². The van der Waals surface area contributed by atoms with Crippen LogP contribution in [0.1, 0.15) is 69.7 Å². The molecule has 0 spiro atoms. The number of nitrogens with zero attached hydrogens (tertiary/aromatic N) is 4. The van der Waals surface area contributed by atoms with Crippen LogP contribution < -0.4 is 39.0 Å². The number of benzene rings is 5. The predicted molar refractivity (Wildman–Crippen MR) is 274 cm³/mol. The molecular weight excluding hydrogens is 903 g/mol. The van der Waals surface area contributed by atoms with E-state index in [0.29, 0.717) is 117 Å². The summed E-state index contributed by atoms with van der Waals surface area (Å²) in [4.78, 5) is 51.9. The van der Waals surface area contributed by atoms with Gasteiger partial charge in [-0.2, -0.15) is 0 Å². The van der Waals surface area contributed by atoms with Gasteiger partial charge in [0, 0.05) is 80.9 Å². The van der Waals surface area contributed by atoms with Gasteiger partial charge in [-0.05, 0) is 77.6 Å². The Morgan fingerprint density at radius 2 is 1.32 bits per heavy atom. The second-order valence-corrected chi connectivity index (χ2v) is 18.5. The largest absolute Gasteiger partial charge is 0.493 e. The van der Waals surface area contributed by atoms with Crippen molar-refractivity contribution < 1.29 is 47.5 Å². The van der Waals surface area contributed by atoms with E-state index in [0.717, 1.165) is 45.7 Å². The molecule has 4 aliphatic rings. The van der Waals surface area contributed by atoms with Crippen molar-refractivity contribution in [3.8, 4) is 23.0 Å². The SMILES string of the molecule is COCCOCCOCCN(CCCC(=O)C(C)C)c1cc(COc2cc3c(cc2OC)C(=O)N2c4ccccc4C[C@H]2C=N3)cc(COc2cc3c(cc2OC)C(=O)N2c4ccccc4C[C@H]2CN3)c1. The fourth-order valence-electron chi connectivity index (χ4n) is 9.76. The molecule has 0 fully saturated rings. The number of anilines is 4. The van der Waals surface area contributed by atoms with E-state index in [1.54, 1.807) is 39.5 Å². The number of carbonyl (C=O) groups is 3. The smallest absolute Gasteiger partial charge is 0.261 e. The third-order valence-electron chi connectivity index (χ3n) is 13.5. The maximum absolute atomic E-state index is 14.2. The second kappa shape index (κ2) is 22.4. The Morgan fingerprint density at radius 3 is 2.01 bits per heavy atom. The molecule has 0 aromatic heterocycles. The molecule has 2 atom stereocenters. The molecule has 15 heteroatoms. The topological polar surface area (TPSA) is 150 Å². The molecule has 2 amide bonds. The Hall–Kier alpha value is -6.94. The summed E-state index contributed by atoms with van der Waals surface area (Å²) in [6.45, 7) is 8.19. The number of amides is 2. The molecular formula is C56H63N5O10. The molecule has 4 heterocycles. The van der Waals surface area contributed by atoms with Gasteiger partial charge in [-0.1, -0.05) is 50.2 Å². The van der Waals surface area contributed by atoms with Gasteiger partial charge in [0.05, 0.1) is 81.8 Å². The fraction of sp³-hybridized carbons (Fsp3) is 0.393. The fourth-order valence-corrected chi connectivity index (χ4v) is 9.76. The molecule has 0 bridgehead atoms. The molecule has 0 aliphatic carbocycles. The first-order chi connectivity index (χ1) is 34.6. The molecule has 15 nitrogen and oxygen atoms in total. The molecule has 9 rings (SSSR count). The minimum absolute atomic E-state index is 0.0195. The third kappa shape index (κ3) is 10.9. The first-order valence-corrected chi connectivity index (χ1v) is 24.5. The Morgan fingerprint density at radius 1 is 0.704 bits per heavy atom. The predicted octanol–water partition coefficient (Wildman–Crippen LogP) is 8.64. The number of carbonyl (C=O) groups excluding carboxylic acids is 3. The third-order valence-corrected chi connectivity index (χ3v) is 13.5. The molecule has 372 valence electrons. The molecule has 4 aliphatic heterocycles. The summed E-state index contributed by atoms with van der Waals surface area (Å²) in [5, 5.41) is 3.53. The number of methoxy groups -OCH3 is 3. The number of para-hydroxylation sites is 2. The van der Waals surface area contributed by atoms with Crippen molar-refractivity contribution in [1.29, 1.82) is 0 Å². The summed E-state index contributed by atoms with van der Waals surface area (Å²) in [5.41, 5.74) is 8.80. The molecule has 0 saturated heterocycles. The number of hydrogen-bond acceptors (Lipinski definition) is 13. The van der Waals surface area contributed by atoms with Gasteiger partial charge < -0.3 is 48.3 Å². The summed E-state index contributed by atoms with van der Waals surface area (Å²) in [7, 11) is 4.77. The van der Waals surface area contributed by atoms with Gasteiger partial charge in [0.1, 0.15) is 19.0 Å². The van der Waals surface area contributed by atoms with Crippen LogP contribution >= 0.6 is 0 Å². The Labute approximate surface area is 415 Å². The van der Waals surface area contributed by atoms with Gasteiger partial charge in [0.2, 0.25) is 0 Å². The summed E-state index contributed by atoms with van der Waals surface area (Å²) < 4.78 is 41.7. The Bertz CT molecular complexity index is 2780. The van der Waals surface area contributed by atoms with Crippen molar-refractivity contribution in [2.75, 3.05) is 94.0 Å². The van der Waals surface area contributed by atoms with Gasteiger partial charge >= 0.3 is 0 Å². The molecule has 5 aromatic carbocycles. The van der Waals surface area contributed by atoms with Crippen LogP contribution in [0.3, 0.4) is 0 Å². The van der Waals surface area contributed by atoms with Crippen LogP contribution in [0.15, 0.2) is 96.0 Å². The number of rotatable bonds is 23. The van der Waals surface area contributed by atoms with E-state index in [2.05, 4.69) is 28.4 Å². The number of nitrogens with one attached hydrogen (secondary N) is 1. The van der Waals surface area contributed by atoms with Crippen molar-refractivity contribution >= 4 is 52.2 Å².